The summed E-state index contributed by atoms with van der Waals surface area (Å²) in [4.78, 5) is 14.9. The molecule has 1 atom stereocenters. The lowest BCUT2D eigenvalue weighted by Gasteiger charge is -2.26. The molecule has 4 nitrogen and oxygen atoms in total. The lowest BCUT2D eigenvalue weighted by molar-refractivity contribution is -0.249. The van der Waals surface area contributed by atoms with Crippen molar-refractivity contribution in [3.8, 4) is 0 Å². The summed E-state index contributed by atoms with van der Waals surface area (Å²) in [6.07, 6.45) is -3.43. The molecule has 0 spiro atoms. The molecule has 90 valence electrons. The molecule has 0 saturated carbocycles. The molecule has 0 bridgehead atoms. The summed E-state index contributed by atoms with van der Waals surface area (Å²) in [5, 5.41) is 12.6. The van der Waals surface area contributed by atoms with Crippen LogP contribution in [0.3, 0.4) is 0 Å². The lowest BCUT2D eigenvalue weighted by atomic mass is 10.1. The summed E-state index contributed by atoms with van der Waals surface area (Å²) in [5.74, 6) is -0.737. The Balaban J connectivity index is 2.56. The van der Waals surface area contributed by atoms with E-state index in [2.05, 4.69) is 4.98 Å². The summed E-state index contributed by atoms with van der Waals surface area (Å²) in [7, 11) is 0. The van der Waals surface area contributed by atoms with Crippen LogP contribution in [0.2, 0.25) is 0 Å². The number of rotatable bonds is 3. The van der Waals surface area contributed by atoms with Gasteiger partial charge in [-0.2, -0.15) is 13.2 Å². The van der Waals surface area contributed by atoms with Gasteiger partial charge in [0, 0.05) is 11.6 Å². The molecular weight excluding hydrogens is 245 g/mol. The van der Waals surface area contributed by atoms with Crippen LogP contribution in [0.15, 0.2) is 11.6 Å². The highest BCUT2D eigenvalue weighted by Crippen LogP contribution is 2.29. The van der Waals surface area contributed by atoms with Crippen LogP contribution >= 0.6 is 11.3 Å². The van der Waals surface area contributed by atoms with Crippen molar-refractivity contribution in [3.05, 3.63) is 16.6 Å². The molecule has 1 aromatic rings. The quantitative estimate of drug-likeness (QED) is 0.851. The summed E-state index contributed by atoms with van der Waals surface area (Å²) >= 11 is 1.00. The van der Waals surface area contributed by atoms with Crippen LogP contribution in [0.4, 0.5) is 13.2 Å². The first-order valence-corrected chi connectivity index (χ1v) is 5.09. The van der Waals surface area contributed by atoms with Crippen molar-refractivity contribution in [2.24, 2.45) is 0 Å². The number of carbonyl (C=O) groups is 1. The Morgan fingerprint density at radius 3 is 2.69 bits per heavy atom. The molecule has 1 amide bonds. The summed E-state index contributed by atoms with van der Waals surface area (Å²) < 4.78 is 36.6. The van der Waals surface area contributed by atoms with Crippen molar-refractivity contribution in [1.82, 2.24) is 10.3 Å². The Morgan fingerprint density at radius 2 is 2.25 bits per heavy atom. The first-order chi connectivity index (χ1) is 7.24. The van der Waals surface area contributed by atoms with Gasteiger partial charge in [0.15, 0.2) is 10.6 Å². The third kappa shape index (κ3) is 2.92. The number of nitrogens with one attached hydrogen (secondary N) is 1. The van der Waals surface area contributed by atoms with E-state index in [-0.39, 0.29) is 5.01 Å². The molecule has 0 aliphatic carbocycles. The van der Waals surface area contributed by atoms with Crippen molar-refractivity contribution in [2.75, 3.05) is 6.54 Å². The van der Waals surface area contributed by atoms with E-state index in [1.165, 1.54) is 11.6 Å². The van der Waals surface area contributed by atoms with Crippen molar-refractivity contribution in [1.29, 1.82) is 0 Å². The third-order valence-corrected chi connectivity index (χ3v) is 2.60. The second-order valence-electron chi connectivity index (χ2n) is 3.29. The number of aliphatic hydroxyl groups is 1. The summed E-state index contributed by atoms with van der Waals surface area (Å²) in [6.45, 7) is -0.315. The molecule has 0 aliphatic rings. The number of nitrogens with zero attached hydrogens (tertiary/aromatic N) is 1. The number of aromatic nitrogens is 1. The van der Waals surface area contributed by atoms with E-state index in [4.69, 9.17) is 5.11 Å². The molecule has 0 saturated heterocycles. The van der Waals surface area contributed by atoms with E-state index < -0.39 is 24.2 Å². The van der Waals surface area contributed by atoms with Crippen LogP contribution in [0.5, 0.6) is 0 Å². The molecule has 1 heterocycles. The fourth-order valence-corrected chi connectivity index (χ4v) is 1.32. The van der Waals surface area contributed by atoms with Gasteiger partial charge in [-0.3, -0.25) is 4.79 Å². The van der Waals surface area contributed by atoms with Gasteiger partial charge in [0.2, 0.25) is 0 Å². The smallest absolute Gasteiger partial charge is 0.379 e. The van der Waals surface area contributed by atoms with E-state index in [0.717, 1.165) is 11.3 Å². The van der Waals surface area contributed by atoms with Gasteiger partial charge >= 0.3 is 6.18 Å². The normalized spacial score (nSPS) is 15.6. The number of thiazole rings is 1. The molecule has 8 heteroatoms. The monoisotopic (exact) mass is 254 g/mol. The molecule has 16 heavy (non-hydrogen) atoms. The van der Waals surface area contributed by atoms with Crippen LogP contribution in [-0.4, -0.2) is 34.3 Å². The van der Waals surface area contributed by atoms with Gasteiger partial charge in [-0.1, -0.05) is 0 Å². The third-order valence-electron chi connectivity index (χ3n) is 1.83. The van der Waals surface area contributed by atoms with Crippen molar-refractivity contribution < 1.29 is 23.1 Å². The minimum absolute atomic E-state index is 0.0537. The van der Waals surface area contributed by atoms with E-state index >= 15 is 0 Å². The highest BCUT2D eigenvalue weighted by atomic mass is 32.1. The largest absolute Gasteiger partial charge is 0.418 e. The van der Waals surface area contributed by atoms with Gasteiger partial charge in [0.1, 0.15) is 0 Å². The number of hydrogen-bond acceptors (Lipinski definition) is 4. The molecule has 1 aromatic heterocycles. The Kier molecular flexibility index (Phi) is 3.54. The molecule has 0 aromatic carbocycles. The zero-order chi connectivity index (χ0) is 12.4. The Labute approximate surface area is 93.1 Å². The van der Waals surface area contributed by atoms with Gasteiger partial charge < -0.3 is 10.4 Å². The highest BCUT2D eigenvalue weighted by molar-refractivity contribution is 7.11. The number of amides is 1. The first-order valence-electron chi connectivity index (χ1n) is 4.21. The minimum Gasteiger partial charge on any atom is -0.379 e. The predicted molar refractivity (Wildman–Crippen MR) is 51.1 cm³/mol. The SMILES string of the molecule is C[C@](O)(CNC(=O)c1nccs1)C(F)(F)F. The van der Waals surface area contributed by atoms with E-state index in [1.807, 2.05) is 5.32 Å². The van der Waals surface area contributed by atoms with Gasteiger partial charge in [-0.05, 0) is 6.92 Å². The van der Waals surface area contributed by atoms with Gasteiger partial charge in [0.05, 0.1) is 6.54 Å². The zero-order valence-electron chi connectivity index (χ0n) is 8.21. The minimum atomic E-state index is -4.79. The van der Waals surface area contributed by atoms with Crippen LogP contribution in [0.25, 0.3) is 0 Å². The number of halogens is 3. The molecular formula is C8H9F3N2O2S. The lowest BCUT2D eigenvalue weighted by Crippen LogP contribution is -2.51. The molecule has 0 radical (unpaired) electrons. The maximum Gasteiger partial charge on any atom is 0.418 e. The van der Waals surface area contributed by atoms with E-state index in [9.17, 15) is 18.0 Å². The highest BCUT2D eigenvalue weighted by Gasteiger charge is 2.49. The van der Waals surface area contributed by atoms with Crippen LogP contribution in [0.1, 0.15) is 16.7 Å². The number of hydrogen-bond donors (Lipinski definition) is 2. The van der Waals surface area contributed by atoms with Gasteiger partial charge in [-0.25, -0.2) is 4.98 Å². The van der Waals surface area contributed by atoms with E-state index in [1.54, 1.807) is 0 Å². The predicted octanol–water partition coefficient (Wildman–Crippen LogP) is 1.19. The first kappa shape index (κ1) is 12.9. The second-order valence-corrected chi connectivity index (χ2v) is 4.19. The van der Waals surface area contributed by atoms with Crippen LogP contribution in [0, 0.1) is 0 Å². The fraction of sp³-hybridized carbons (Fsp3) is 0.500. The summed E-state index contributed by atoms with van der Waals surface area (Å²) in [6, 6.07) is 0. The molecule has 1 rings (SSSR count). The maximum atomic E-state index is 12.2. The van der Waals surface area contributed by atoms with Crippen LogP contribution < -0.4 is 5.32 Å². The molecule has 0 unspecified atom stereocenters. The second kappa shape index (κ2) is 4.38. The topological polar surface area (TPSA) is 62.2 Å². The maximum absolute atomic E-state index is 12.2. The number of alkyl halides is 3. The Hall–Kier alpha value is -1.15. The van der Waals surface area contributed by atoms with Gasteiger partial charge in [0.25, 0.3) is 5.91 Å². The number of carbonyl (C=O) groups excluding carboxylic acids is 1. The molecule has 0 aliphatic heterocycles. The zero-order valence-corrected chi connectivity index (χ0v) is 9.02. The average molecular weight is 254 g/mol. The van der Waals surface area contributed by atoms with Gasteiger partial charge in [-0.15, -0.1) is 11.3 Å². The molecule has 2 N–H and O–H groups in total. The average Bonchev–Trinajstić information content (AvgIpc) is 2.65. The fourth-order valence-electron chi connectivity index (χ4n) is 0.764. The van der Waals surface area contributed by atoms with Crippen molar-refractivity contribution in [3.63, 3.8) is 0 Å². The molecule has 0 fully saturated rings. The summed E-state index contributed by atoms with van der Waals surface area (Å²) in [5.41, 5.74) is -2.94. The van der Waals surface area contributed by atoms with E-state index in [0.29, 0.717) is 6.92 Å². The van der Waals surface area contributed by atoms with Crippen molar-refractivity contribution in [2.45, 2.75) is 18.7 Å². The Morgan fingerprint density at radius 1 is 1.62 bits per heavy atom. The standard InChI is InChI=1S/C8H9F3N2O2S/c1-7(15,8(9,10)11)4-13-5(14)6-12-2-3-16-6/h2-3,15H,4H2,1H3,(H,13,14)/t7-/m0/s1. The van der Waals surface area contributed by atoms with Crippen molar-refractivity contribution >= 4 is 17.2 Å². The van der Waals surface area contributed by atoms with Crippen LogP contribution in [-0.2, 0) is 0 Å². The Bertz CT molecular complexity index is 362.